The second-order valence-corrected chi connectivity index (χ2v) is 9.34. The molecule has 2 aromatic carbocycles. The molecule has 1 unspecified atom stereocenters. The molecule has 0 radical (unpaired) electrons. The highest BCUT2D eigenvalue weighted by atomic mass is 32.2. The molecule has 3 N–H and O–H groups in total. The van der Waals surface area contributed by atoms with Gasteiger partial charge in [-0.1, -0.05) is 42.1 Å². The molecular formula is C25H28N4O3S. The van der Waals surface area contributed by atoms with Gasteiger partial charge in [-0.2, -0.15) is 0 Å². The van der Waals surface area contributed by atoms with E-state index in [2.05, 4.69) is 5.32 Å². The van der Waals surface area contributed by atoms with Gasteiger partial charge >= 0.3 is 0 Å². The Morgan fingerprint density at radius 1 is 1.09 bits per heavy atom. The Balaban J connectivity index is 1.70. The van der Waals surface area contributed by atoms with Gasteiger partial charge < -0.3 is 20.7 Å². The molecule has 2 heterocycles. The molecule has 2 aliphatic rings. The number of benzene rings is 2. The number of morpholine rings is 1. The molecular weight excluding hydrogens is 436 g/mol. The van der Waals surface area contributed by atoms with Crippen molar-refractivity contribution in [3.05, 3.63) is 70.4 Å². The van der Waals surface area contributed by atoms with Gasteiger partial charge in [0.1, 0.15) is 10.3 Å². The van der Waals surface area contributed by atoms with Gasteiger partial charge in [-0.25, -0.2) is 4.99 Å². The van der Waals surface area contributed by atoms with Crippen molar-refractivity contribution < 1.29 is 14.3 Å². The number of hydrogen-bond donors (Lipinski definition) is 2. The number of carbonyl (C=O) groups is 2. The number of thioether (sulfide) groups is 1. The Labute approximate surface area is 198 Å². The number of nitrogens with one attached hydrogen (secondary N) is 1. The van der Waals surface area contributed by atoms with Crippen molar-refractivity contribution in [2.45, 2.75) is 26.0 Å². The first-order valence-corrected chi connectivity index (χ1v) is 11.8. The van der Waals surface area contributed by atoms with E-state index in [0.717, 1.165) is 22.4 Å². The van der Waals surface area contributed by atoms with E-state index in [4.69, 9.17) is 15.5 Å². The fourth-order valence-electron chi connectivity index (χ4n) is 3.92. The molecule has 0 bridgehead atoms. The summed E-state index contributed by atoms with van der Waals surface area (Å²) in [6.45, 7) is 7.84. The van der Waals surface area contributed by atoms with E-state index >= 15 is 0 Å². The van der Waals surface area contributed by atoms with Crippen LogP contribution in [0.25, 0.3) is 0 Å². The zero-order valence-electron chi connectivity index (χ0n) is 19.1. The number of amides is 2. The first kappa shape index (κ1) is 23.1. The fourth-order valence-corrected chi connectivity index (χ4v) is 5.02. The lowest BCUT2D eigenvalue weighted by molar-refractivity contribution is -0.130. The lowest BCUT2D eigenvalue weighted by Gasteiger charge is -2.27. The maximum Gasteiger partial charge on any atom is 0.258 e. The van der Waals surface area contributed by atoms with Crippen LogP contribution in [0.2, 0.25) is 0 Å². The van der Waals surface area contributed by atoms with Crippen LogP contribution < -0.4 is 11.1 Å². The highest BCUT2D eigenvalue weighted by molar-refractivity contribution is 8.16. The summed E-state index contributed by atoms with van der Waals surface area (Å²) < 4.78 is 5.39. The summed E-state index contributed by atoms with van der Waals surface area (Å²) >= 11 is 1.22. The molecule has 8 heteroatoms. The third-order valence-corrected chi connectivity index (χ3v) is 6.93. The van der Waals surface area contributed by atoms with Crippen molar-refractivity contribution in [1.82, 2.24) is 4.90 Å². The zero-order valence-corrected chi connectivity index (χ0v) is 19.9. The van der Waals surface area contributed by atoms with Gasteiger partial charge in [0.15, 0.2) is 0 Å². The van der Waals surface area contributed by atoms with Crippen LogP contribution in [-0.4, -0.2) is 53.3 Å². The number of nitrogens with two attached hydrogens (primary N) is 1. The summed E-state index contributed by atoms with van der Waals surface area (Å²) in [6, 6.07) is 13.5. The quantitative estimate of drug-likeness (QED) is 0.722. The molecule has 1 saturated heterocycles. The van der Waals surface area contributed by atoms with Crippen molar-refractivity contribution in [1.29, 1.82) is 0 Å². The summed E-state index contributed by atoms with van der Waals surface area (Å²) in [5.74, 6) is -0.485. The van der Waals surface area contributed by atoms with E-state index in [1.807, 2.05) is 63.2 Å². The summed E-state index contributed by atoms with van der Waals surface area (Å²) in [6.07, 6.45) is 0. The van der Waals surface area contributed by atoms with Crippen LogP contribution in [0.5, 0.6) is 0 Å². The van der Waals surface area contributed by atoms with E-state index in [1.54, 1.807) is 4.90 Å². The van der Waals surface area contributed by atoms with Crippen LogP contribution in [0, 0.1) is 20.8 Å². The molecule has 172 valence electrons. The third kappa shape index (κ3) is 4.96. The van der Waals surface area contributed by atoms with E-state index in [9.17, 15) is 9.59 Å². The summed E-state index contributed by atoms with van der Waals surface area (Å²) in [7, 11) is 0. The molecule has 0 spiro atoms. The lowest BCUT2D eigenvalue weighted by Crippen LogP contribution is -2.42. The molecule has 2 amide bonds. The van der Waals surface area contributed by atoms with Gasteiger partial charge in [0.2, 0.25) is 5.91 Å². The predicted octanol–water partition coefficient (Wildman–Crippen LogP) is 3.47. The average Bonchev–Trinajstić information content (AvgIpc) is 3.12. The van der Waals surface area contributed by atoms with E-state index in [0.29, 0.717) is 42.6 Å². The monoisotopic (exact) mass is 464 g/mol. The first-order valence-electron chi connectivity index (χ1n) is 10.9. The predicted molar refractivity (Wildman–Crippen MR) is 133 cm³/mol. The molecule has 33 heavy (non-hydrogen) atoms. The van der Waals surface area contributed by atoms with Crippen LogP contribution in [-0.2, 0) is 14.3 Å². The number of rotatable bonds is 4. The van der Waals surface area contributed by atoms with E-state index < -0.39 is 5.25 Å². The van der Waals surface area contributed by atoms with Gasteiger partial charge in [-0.05, 0) is 49.6 Å². The number of anilines is 1. The van der Waals surface area contributed by atoms with Crippen LogP contribution in [0.15, 0.2) is 58.7 Å². The summed E-state index contributed by atoms with van der Waals surface area (Å²) in [5, 5.41) is 2.66. The molecule has 1 fully saturated rings. The van der Waals surface area contributed by atoms with Crippen molar-refractivity contribution in [2.24, 2.45) is 10.7 Å². The maximum absolute atomic E-state index is 13.5. The first-order chi connectivity index (χ1) is 15.8. The molecule has 7 nitrogen and oxygen atoms in total. The lowest BCUT2D eigenvalue weighted by atomic mass is 10.1. The Kier molecular flexibility index (Phi) is 6.85. The summed E-state index contributed by atoms with van der Waals surface area (Å²) in [4.78, 5) is 33.2. The molecule has 4 rings (SSSR count). The minimum atomic E-state index is -0.742. The third-order valence-electron chi connectivity index (χ3n) is 5.70. The number of hydrogen-bond acceptors (Lipinski definition) is 6. The Bertz CT molecular complexity index is 1130. The van der Waals surface area contributed by atoms with Crippen LogP contribution in [0.4, 0.5) is 11.4 Å². The van der Waals surface area contributed by atoms with Crippen molar-refractivity contribution in [2.75, 3.05) is 31.6 Å². The molecule has 2 aliphatic heterocycles. The SMILES string of the molecule is Cc1cccc(NC(=O)C2SC(=Nc3c(C)cccc3C)C(C(=O)N3CCOCC3)=C2N)c1. The Morgan fingerprint density at radius 3 is 2.42 bits per heavy atom. The second-order valence-electron chi connectivity index (χ2n) is 8.25. The largest absolute Gasteiger partial charge is 0.400 e. The minimum absolute atomic E-state index is 0.209. The molecule has 0 aromatic heterocycles. The number of carbonyl (C=O) groups excluding carboxylic acids is 2. The van der Waals surface area contributed by atoms with Gasteiger partial charge in [0.25, 0.3) is 5.91 Å². The molecule has 0 saturated carbocycles. The average molecular weight is 465 g/mol. The Hall–Kier alpha value is -3.10. The van der Waals surface area contributed by atoms with Crippen LogP contribution >= 0.6 is 11.8 Å². The van der Waals surface area contributed by atoms with Gasteiger partial charge in [-0.15, -0.1) is 0 Å². The molecule has 0 aliphatic carbocycles. The maximum atomic E-state index is 13.5. The standard InChI is InChI=1S/C25H28N4O3S/c1-15-6-4-9-18(14-15)27-23(30)22-20(26)19(25(31)29-10-12-32-13-11-29)24(33-22)28-21-16(2)7-5-8-17(21)3/h4-9,14,22H,10-13,26H2,1-3H3,(H,27,30). The molecule has 1 atom stereocenters. The van der Waals surface area contributed by atoms with E-state index in [1.165, 1.54) is 11.8 Å². The number of aliphatic imine (C=N–C) groups is 1. The molecule has 2 aromatic rings. The number of ether oxygens (including phenoxy) is 1. The van der Waals surface area contributed by atoms with E-state index in [-0.39, 0.29) is 17.5 Å². The van der Waals surface area contributed by atoms with Gasteiger partial charge in [0, 0.05) is 24.5 Å². The minimum Gasteiger partial charge on any atom is -0.400 e. The second kappa shape index (κ2) is 9.80. The van der Waals surface area contributed by atoms with Crippen LogP contribution in [0.1, 0.15) is 16.7 Å². The smallest absolute Gasteiger partial charge is 0.258 e. The highest BCUT2D eigenvalue weighted by Crippen LogP contribution is 2.37. The number of nitrogens with zero attached hydrogens (tertiary/aromatic N) is 2. The van der Waals surface area contributed by atoms with Crippen molar-refractivity contribution >= 4 is 40.0 Å². The highest BCUT2D eigenvalue weighted by Gasteiger charge is 2.40. The van der Waals surface area contributed by atoms with Crippen LogP contribution in [0.3, 0.4) is 0 Å². The number of para-hydroxylation sites is 1. The van der Waals surface area contributed by atoms with Crippen molar-refractivity contribution in [3.8, 4) is 0 Å². The normalized spacial score (nSPS) is 19.8. The van der Waals surface area contributed by atoms with Gasteiger partial charge in [0.05, 0.1) is 24.5 Å². The number of aryl methyl sites for hydroxylation is 3. The van der Waals surface area contributed by atoms with Gasteiger partial charge in [-0.3, -0.25) is 9.59 Å². The zero-order chi connectivity index (χ0) is 23.5. The van der Waals surface area contributed by atoms with Crippen molar-refractivity contribution in [3.63, 3.8) is 0 Å². The topological polar surface area (TPSA) is 97.0 Å². The Morgan fingerprint density at radius 2 is 1.76 bits per heavy atom. The fraction of sp³-hybridized carbons (Fsp3) is 0.320. The summed E-state index contributed by atoms with van der Waals surface area (Å²) in [5.41, 5.74) is 11.5.